The lowest BCUT2D eigenvalue weighted by atomic mass is 10.2. The number of hydrogen-bond donors (Lipinski definition) is 6. The van der Waals surface area contributed by atoms with Crippen molar-refractivity contribution in [3.05, 3.63) is 0 Å². The fourth-order valence-corrected chi connectivity index (χ4v) is 2.89. The molecule has 1 saturated heterocycles. The minimum Gasteiger partial charge on any atom is -0.368 e. The Morgan fingerprint density at radius 2 is 1.29 bits per heavy atom. The first-order chi connectivity index (χ1) is 15.8. The molecule has 12 nitrogen and oxygen atoms in total. The van der Waals surface area contributed by atoms with Gasteiger partial charge in [-0.3, -0.25) is 24.0 Å². The maximum Gasteiger partial charge on any atom is 0.244 e. The van der Waals surface area contributed by atoms with Gasteiger partial charge in [0.2, 0.25) is 29.5 Å². The fourth-order valence-electron chi connectivity index (χ4n) is 2.89. The van der Waals surface area contributed by atoms with Crippen LogP contribution < -0.4 is 32.7 Å². The molecule has 0 radical (unpaired) electrons. The summed E-state index contributed by atoms with van der Waals surface area (Å²) in [5.41, 5.74) is 10.6. The molecule has 0 bridgehead atoms. The summed E-state index contributed by atoms with van der Waals surface area (Å²) in [6.45, 7) is 12.3. The second-order valence-electron chi connectivity index (χ2n) is 8.65. The van der Waals surface area contributed by atoms with Crippen molar-refractivity contribution in [1.29, 1.82) is 0 Å². The Kier molecular flexibility index (Phi) is 14.7. The zero-order valence-electron chi connectivity index (χ0n) is 21.3. The van der Waals surface area contributed by atoms with Gasteiger partial charge in [-0.05, 0) is 47.5 Å². The van der Waals surface area contributed by atoms with Crippen LogP contribution in [0.4, 0.5) is 0 Å². The van der Waals surface area contributed by atoms with Crippen molar-refractivity contribution in [2.75, 3.05) is 19.6 Å². The van der Waals surface area contributed by atoms with E-state index in [0.717, 1.165) is 25.9 Å². The summed E-state index contributed by atoms with van der Waals surface area (Å²) in [7, 11) is 0. The van der Waals surface area contributed by atoms with Gasteiger partial charge in [-0.1, -0.05) is 6.92 Å². The van der Waals surface area contributed by atoms with Crippen LogP contribution in [0.1, 0.15) is 60.8 Å². The second-order valence-corrected chi connectivity index (χ2v) is 8.65. The minimum atomic E-state index is -0.738. The normalized spacial score (nSPS) is 17.2. The van der Waals surface area contributed by atoms with E-state index in [2.05, 4.69) is 21.3 Å². The Morgan fingerprint density at radius 3 is 1.76 bits per heavy atom. The molecule has 0 aromatic rings. The van der Waals surface area contributed by atoms with Crippen LogP contribution in [-0.4, -0.2) is 84.3 Å². The van der Waals surface area contributed by atoms with Crippen molar-refractivity contribution < 1.29 is 24.0 Å². The van der Waals surface area contributed by atoms with E-state index >= 15 is 0 Å². The summed E-state index contributed by atoms with van der Waals surface area (Å²) in [4.78, 5) is 58.7. The summed E-state index contributed by atoms with van der Waals surface area (Å²) in [5.74, 6) is -1.42. The Hall–Kier alpha value is -2.73. The highest BCUT2D eigenvalue weighted by Gasteiger charge is 2.25. The molecule has 8 N–H and O–H groups in total. The first-order valence-electron chi connectivity index (χ1n) is 11.8. The SMILES string of the molecule is CC(N)CNC(C)C(=O)NC(C)C(=O)N1CCCC1.CCC(=O)NC(C)C(=O)NC(C)C(N)=O. The largest absolute Gasteiger partial charge is 0.368 e. The number of nitrogens with zero attached hydrogens (tertiary/aromatic N) is 1. The molecule has 5 amide bonds. The molecule has 0 saturated carbocycles. The minimum absolute atomic E-state index is 0.00101. The van der Waals surface area contributed by atoms with Crippen LogP contribution in [0.25, 0.3) is 0 Å². The third-order valence-corrected chi connectivity index (χ3v) is 5.16. The topological polar surface area (TPSA) is 189 Å². The van der Waals surface area contributed by atoms with E-state index in [1.54, 1.807) is 20.8 Å². The highest BCUT2D eigenvalue weighted by Crippen LogP contribution is 2.09. The van der Waals surface area contributed by atoms with Crippen molar-refractivity contribution in [3.63, 3.8) is 0 Å². The molecule has 0 aromatic carbocycles. The number of nitrogens with two attached hydrogens (primary N) is 2. The molecular weight excluding hydrogens is 442 g/mol. The average Bonchev–Trinajstić information content (AvgIpc) is 3.31. The van der Waals surface area contributed by atoms with E-state index in [-0.39, 0.29) is 29.8 Å². The molecular formula is C22H43N7O5. The van der Waals surface area contributed by atoms with Crippen LogP contribution in [-0.2, 0) is 24.0 Å². The van der Waals surface area contributed by atoms with Crippen molar-refractivity contribution >= 4 is 29.5 Å². The van der Waals surface area contributed by atoms with E-state index < -0.39 is 29.9 Å². The van der Waals surface area contributed by atoms with Gasteiger partial charge in [0, 0.05) is 32.1 Å². The van der Waals surface area contributed by atoms with Gasteiger partial charge in [0.25, 0.3) is 0 Å². The van der Waals surface area contributed by atoms with E-state index in [4.69, 9.17) is 11.5 Å². The van der Waals surface area contributed by atoms with E-state index in [0.29, 0.717) is 13.0 Å². The monoisotopic (exact) mass is 485 g/mol. The van der Waals surface area contributed by atoms with Gasteiger partial charge in [-0.15, -0.1) is 0 Å². The smallest absolute Gasteiger partial charge is 0.244 e. The predicted molar refractivity (Wildman–Crippen MR) is 129 cm³/mol. The summed E-state index contributed by atoms with van der Waals surface area (Å²) < 4.78 is 0. The van der Waals surface area contributed by atoms with Crippen molar-refractivity contribution in [2.45, 2.75) is 91.0 Å². The number of amides is 5. The summed E-state index contributed by atoms with van der Waals surface area (Å²) in [6.07, 6.45) is 2.42. The number of carbonyl (C=O) groups is 5. The molecule has 1 rings (SSSR count). The molecule has 1 fully saturated rings. The quantitative estimate of drug-likeness (QED) is 0.202. The number of carbonyl (C=O) groups excluding carboxylic acids is 5. The van der Waals surface area contributed by atoms with Gasteiger partial charge >= 0.3 is 0 Å². The maximum absolute atomic E-state index is 12.0. The van der Waals surface area contributed by atoms with Crippen LogP contribution >= 0.6 is 0 Å². The van der Waals surface area contributed by atoms with Gasteiger partial charge in [-0.2, -0.15) is 0 Å². The molecule has 1 aliphatic heterocycles. The number of nitrogens with one attached hydrogen (secondary N) is 4. The molecule has 1 heterocycles. The van der Waals surface area contributed by atoms with Gasteiger partial charge in [-0.25, -0.2) is 0 Å². The molecule has 196 valence electrons. The maximum atomic E-state index is 12.0. The predicted octanol–water partition coefficient (Wildman–Crippen LogP) is -1.67. The van der Waals surface area contributed by atoms with Crippen LogP contribution in [0.15, 0.2) is 0 Å². The molecule has 34 heavy (non-hydrogen) atoms. The van der Waals surface area contributed by atoms with Crippen molar-refractivity contribution in [3.8, 4) is 0 Å². The number of hydrogen-bond acceptors (Lipinski definition) is 7. The second kappa shape index (κ2) is 16.0. The molecule has 5 atom stereocenters. The van der Waals surface area contributed by atoms with E-state index in [9.17, 15) is 24.0 Å². The Labute approximate surface area is 202 Å². The Bertz CT molecular complexity index is 695. The van der Waals surface area contributed by atoms with Crippen LogP contribution in [0.2, 0.25) is 0 Å². The Balaban J connectivity index is 0.000000661. The zero-order valence-corrected chi connectivity index (χ0v) is 21.3. The standard InChI is InChI=1S/C13H26N4O2.C9H17N3O3/c1-9(14)8-15-10(2)12(18)16-11(3)13(19)17-6-4-5-7-17;1-4-7(13)11-6(3)9(15)12-5(2)8(10)14/h9-11,15H,4-8,14H2,1-3H3,(H,16,18);5-6H,4H2,1-3H3,(H2,10,14)(H,11,13)(H,12,15). The number of primary amides is 1. The first-order valence-corrected chi connectivity index (χ1v) is 11.8. The summed E-state index contributed by atoms with van der Waals surface area (Å²) in [6, 6.07) is -2.22. The Morgan fingerprint density at radius 1 is 0.794 bits per heavy atom. The molecule has 0 aromatic heterocycles. The molecule has 0 spiro atoms. The lowest BCUT2D eigenvalue weighted by Crippen LogP contribution is -2.52. The lowest BCUT2D eigenvalue weighted by molar-refractivity contribution is -0.135. The van der Waals surface area contributed by atoms with Crippen molar-refractivity contribution in [1.82, 2.24) is 26.2 Å². The highest BCUT2D eigenvalue weighted by atomic mass is 16.2. The van der Waals surface area contributed by atoms with Crippen LogP contribution in [0, 0.1) is 0 Å². The summed E-state index contributed by atoms with van der Waals surface area (Å²) >= 11 is 0. The first kappa shape index (κ1) is 31.3. The average molecular weight is 486 g/mol. The third-order valence-electron chi connectivity index (χ3n) is 5.16. The third kappa shape index (κ3) is 12.5. The van der Waals surface area contributed by atoms with E-state index in [1.165, 1.54) is 13.8 Å². The number of rotatable bonds is 11. The van der Waals surface area contributed by atoms with Crippen molar-refractivity contribution in [2.24, 2.45) is 11.5 Å². The molecule has 0 aliphatic carbocycles. The number of likely N-dealkylation sites (tertiary alicyclic amines) is 1. The van der Waals surface area contributed by atoms with Gasteiger partial charge in [0.15, 0.2) is 0 Å². The van der Waals surface area contributed by atoms with Gasteiger partial charge < -0.3 is 37.6 Å². The molecule has 1 aliphatic rings. The molecule has 5 unspecified atom stereocenters. The van der Waals surface area contributed by atoms with E-state index in [1.807, 2.05) is 11.8 Å². The molecule has 12 heteroatoms. The summed E-state index contributed by atoms with van der Waals surface area (Å²) in [5, 5.41) is 10.6. The van der Waals surface area contributed by atoms with Gasteiger partial charge in [0.1, 0.15) is 18.1 Å². The van der Waals surface area contributed by atoms with Gasteiger partial charge in [0.05, 0.1) is 6.04 Å². The zero-order chi connectivity index (χ0) is 26.4. The highest BCUT2D eigenvalue weighted by molar-refractivity contribution is 5.91. The fraction of sp³-hybridized carbons (Fsp3) is 0.773. The lowest BCUT2D eigenvalue weighted by Gasteiger charge is -2.23. The van der Waals surface area contributed by atoms with Crippen LogP contribution in [0.3, 0.4) is 0 Å². The van der Waals surface area contributed by atoms with Crippen LogP contribution in [0.5, 0.6) is 0 Å².